The molecule has 0 saturated carbocycles. The van der Waals surface area contributed by atoms with E-state index in [2.05, 4.69) is 10.6 Å². The van der Waals surface area contributed by atoms with Crippen molar-refractivity contribution in [2.24, 2.45) is 0 Å². The molecule has 0 fully saturated rings. The van der Waals surface area contributed by atoms with Gasteiger partial charge in [-0.3, -0.25) is 4.79 Å². The third kappa shape index (κ3) is 4.39. The van der Waals surface area contributed by atoms with Crippen LogP contribution in [0.4, 0.5) is 10.1 Å². The van der Waals surface area contributed by atoms with E-state index in [1.807, 2.05) is 39.8 Å². The molecule has 0 bridgehead atoms. The number of anilines is 1. The summed E-state index contributed by atoms with van der Waals surface area (Å²) in [6, 6.07) is 10.4. The Morgan fingerprint density at radius 2 is 1.74 bits per heavy atom. The van der Waals surface area contributed by atoms with Crippen LogP contribution in [-0.4, -0.2) is 12.5 Å². The zero-order chi connectivity index (χ0) is 17.0. The molecule has 23 heavy (non-hydrogen) atoms. The minimum Gasteiger partial charge on any atom is -0.324 e. The Labute approximate surface area is 136 Å². The fourth-order valence-corrected chi connectivity index (χ4v) is 2.74. The lowest BCUT2D eigenvalue weighted by atomic mass is 10.1. The quantitative estimate of drug-likeness (QED) is 0.874. The number of carbonyl (C=O) groups excluding carboxylic acids is 1. The molecule has 2 N–H and O–H groups in total. The molecule has 2 aromatic rings. The molecule has 1 amide bonds. The molecule has 0 spiro atoms. The first-order chi connectivity index (χ1) is 10.9. The molecule has 122 valence electrons. The van der Waals surface area contributed by atoms with E-state index in [9.17, 15) is 9.18 Å². The Morgan fingerprint density at radius 3 is 2.35 bits per heavy atom. The van der Waals surface area contributed by atoms with Gasteiger partial charge in [0.25, 0.3) is 0 Å². The van der Waals surface area contributed by atoms with Gasteiger partial charge in [0.15, 0.2) is 0 Å². The predicted octanol–water partition coefficient (Wildman–Crippen LogP) is 4.04. The number of hydrogen-bond donors (Lipinski definition) is 2. The van der Waals surface area contributed by atoms with Crippen LogP contribution in [-0.2, 0) is 4.79 Å². The zero-order valence-electron chi connectivity index (χ0n) is 14.0. The van der Waals surface area contributed by atoms with Crippen LogP contribution in [0.5, 0.6) is 0 Å². The lowest BCUT2D eigenvalue weighted by Gasteiger charge is -2.16. The summed E-state index contributed by atoms with van der Waals surface area (Å²) in [5.41, 5.74) is 4.66. The van der Waals surface area contributed by atoms with Gasteiger partial charge in [0.1, 0.15) is 5.82 Å². The Bertz CT molecular complexity index is 689. The Kier molecular flexibility index (Phi) is 5.50. The van der Waals surface area contributed by atoms with Crippen LogP contribution in [0.2, 0.25) is 0 Å². The molecular formula is C19H23FN2O. The average molecular weight is 314 g/mol. The molecule has 0 heterocycles. The first-order valence-electron chi connectivity index (χ1n) is 7.74. The summed E-state index contributed by atoms with van der Waals surface area (Å²) in [4.78, 5) is 12.2. The monoisotopic (exact) mass is 314 g/mol. The van der Waals surface area contributed by atoms with Gasteiger partial charge in [0.05, 0.1) is 6.54 Å². The highest BCUT2D eigenvalue weighted by Crippen LogP contribution is 2.22. The first-order valence-corrected chi connectivity index (χ1v) is 7.74. The summed E-state index contributed by atoms with van der Waals surface area (Å²) in [6.07, 6.45) is 0. The fourth-order valence-electron chi connectivity index (χ4n) is 2.74. The number of benzene rings is 2. The molecule has 3 nitrogen and oxygen atoms in total. The van der Waals surface area contributed by atoms with Gasteiger partial charge in [0, 0.05) is 17.3 Å². The van der Waals surface area contributed by atoms with E-state index in [4.69, 9.17) is 0 Å². The van der Waals surface area contributed by atoms with E-state index in [1.165, 1.54) is 11.6 Å². The Balaban J connectivity index is 1.97. The topological polar surface area (TPSA) is 41.1 Å². The summed E-state index contributed by atoms with van der Waals surface area (Å²) in [5, 5.41) is 5.99. The highest BCUT2D eigenvalue weighted by molar-refractivity contribution is 5.93. The van der Waals surface area contributed by atoms with E-state index in [-0.39, 0.29) is 24.3 Å². The minimum atomic E-state index is -0.266. The van der Waals surface area contributed by atoms with E-state index >= 15 is 0 Å². The van der Waals surface area contributed by atoms with Crippen LogP contribution in [0.15, 0.2) is 36.4 Å². The third-order valence-corrected chi connectivity index (χ3v) is 3.88. The van der Waals surface area contributed by atoms with Gasteiger partial charge in [-0.05, 0) is 44.9 Å². The molecule has 0 radical (unpaired) electrons. The van der Waals surface area contributed by atoms with E-state index < -0.39 is 0 Å². The van der Waals surface area contributed by atoms with Crippen molar-refractivity contribution in [1.29, 1.82) is 0 Å². The number of amides is 1. The number of rotatable bonds is 5. The summed E-state index contributed by atoms with van der Waals surface area (Å²) < 4.78 is 13.7. The smallest absolute Gasteiger partial charge is 0.238 e. The predicted molar refractivity (Wildman–Crippen MR) is 92.1 cm³/mol. The Morgan fingerprint density at radius 1 is 1.13 bits per heavy atom. The van der Waals surface area contributed by atoms with Crippen LogP contribution < -0.4 is 10.6 Å². The molecule has 0 aromatic heterocycles. The summed E-state index contributed by atoms with van der Waals surface area (Å²) >= 11 is 0. The highest BCUT2D eigenvalue weighted by Gasteiger charge is 2.12. The second kappa shape index (κ2) is 7.38. The molecule has 0 aliphatic rings. The molecule has 1 atom stereocenters. The van der Waals surface area contributed by atoms with Crippen molar-refractivity contribution >= 4 is 11.6 Å². The minimum absolute atomic E-state index is 0.127. The Hall–Kier alpha value is -2.20. The molecule has 2 aromatic carbocycles. The number of halogens is 1. The van der Waals surface area contributed by atoms with E-state index in [0.717, 1.165) is 16.8 Å². The SMILES string of the molecule is Cc1cc(C)c(NC(=O)CNC(C)c2ccccc2F)c(C)c1. The number of hydrogen-bond acceptors (Lipinski definition) is 2. The molecular weight excluding hydrogens is 291 g/mol. The fraction of sp³-hybridized carbons (Fsp3) is 0.316. The standard InChI is InChI=1S/C19H23FN2O/c1-12-9-13(2)19(14(3)10-12)22-18(23)11-21-15(4)16-7-5-6-8-17(16)20/h5-10,15,21H,11H2,1-4H3,(H,22,23). The second-order valence-electron chi connectivity index (χ2n) is 5.95. The first kappa shape index (κ1) is 17.2. The number of nitrogens with one attached hydrogen (secondary N) is 2. The molecule has 0 aliphatic heterocycles. The molecule has 0 aliphatic carbocycles. The summed E-state index contributed by atoms with van der Waals surface area (Å²) in [5.74, 6) is -0.402. The van der Waals surface area contributed by atoms with Gasteiger partial charge < -0.3 is 10.6 Å². The van der Waals surface area contributed by atoms with Crippen molar-refractivity contribution in [3.8, 4) is 0 Å². The van der Waals surface area contributed by atoms with Crippen LogP contribution in [0.3, 0.4) is 0 Å². The van der Waals surface area contributed by atoms with Crippen LogP contribution in [0, 0.1) is 26.6 Å². The van der Waals surface area contributed by atoms with Gasteiger partial charge in [-0.15, -0.1) is 0 Å². The average Bonchev–Trinajstić information content (AvgIpc) is 2.49. The van der Waals surface area contributed by atoms with Gasteiger partial charge >= 0.3 is 0 Å². The molecule has 2 rings (SSSR count). The second-order valence-corrected chi connectivity index (χ2v) is 5.95. The van der Waals surface area contributed by atoms with Crippen molar-refractivity contribution in [3.63, 3.8) is 0 Å². The van der Waals surface area contributed by atoms with Gasteiger partial charge in [-0.1, -0.05) is 35.9 Å². The molecule has 1 unspecified atom stereocenters. The van der Waals surface area contributed by atoms with Crippen molar-refractivity contribution in [2.45, 2.75) is 33.7 Å². The number of carbonyl (C=O) groups is 1. The van der Waals surface area contributed by atoms with Crippen molar-refractivity contribution < 1.29 is 9.18 Å². The van der Waals surface area contributed by atoms with Gasteiger partial charge in [-0.25, -0.2) is 4.39 Å². The largest absolute Gasteiger partial charge is 0.324 e. The van der Waals surface area contributed by atoms with E-state index in [0.29, 0.717) is 5.56 Å². The van der Waals surface area contributed by atoms with Crippen molar-refractivity contribution in [2.75, 3.05) is 11.9 Å². The highest BCUT2D eigenvalue weighted by atomic mass is 19.1. The van der Waals surface area contributed by atoms with Gasteiger partial charge in [0.2, 0.25) is 5.91 Å². The van der Waals surface area contributed by atoms with Crippen molar-refractivity contribution in [3.05, 3.63) is 64.5 Å². The lowest BCUT2D eigenvalue weighted by Crippen LogP contribution is -2.30. The maximum Gasteiger partial charge on any atom is 0.238 e. The van der Waals surface area contributed by atoms with Crippen molar-refractivity contribution in [1.82, 2.24) is 5.32 Å². The molecule has 4 heteroatoms. The maximum atomic E-state index is 13.7. The zero-order valence-corrected chi connectivity index (χ0v) is 14.0. The number of aryl methyl sites for hydroxylation is 3. The van der Waals surface area contributed by atoms with Crippen LogP contribution >= 0.6 is 0 Å². The maximum absolute atomic E-state index is 13.7. The van der Waals surface area contributed by atoms with Crippen LogP contribution in [0.1, 0.15) is 35.2 Å². The lowest BCUT2D eigenvalue weighted by molar-refractivity contribution is -0.115. The van der Waals surface area contributed by atoms with Gasteiger partial charge in [-0.2, -0.15) is 0 Å². The third-order valence-electron chi connectivity index (χ3n) is 3.88. The summed E-state index contributed by atoms with van der Waals surface area (Å²) in [6.45, 7) is 7.95. The normalized spacial score (nSPS) is 12.0. The summed E-state index contributed by atoms with van der Waals surface area (Å²) in [7, 11) is 0. The van der Waals surface area contributed by atoms with E-state index in [1.54, 1.807) is 18.2 Å². The molecule has 0 saturated heterocycles. The van der Waals surface area contributed by atoms with Crippen LogP contribution in [0.25, 0.3) is 0 Å².